The Bertz CT molecular complexity index is 324. The quantitative estimate of drug-likeness (QED) is 0.442. The van der Waals surface area contributed by atoms with Gasteiger partial charge in [-0.25, -0.2) is 0 Å². The largest absolute Gasteiger partial charge is 0.310 e. The van der Waals surface area contributed by atoms with Crippen LogP contribution in [0.25, 0.3) is 0 Å². The second-order valence-corrected chi connectivity index (χ2v) is 4.81. The van der Waals surface area contributed by atoms with Gasteiger partial charge in [-0.1, -0.05) is 24.1 Å². The molecule has 0 saturated carbocycles. The first kappa shape index (κ1) is 16.8. The van der Waals surface area contributed by atoms with Crippen LogP contribution >= 0.6 is 0 Å². The predicted molar refractivity (Wildman–Crippen MR) is 83.0 cm³/mol. The SMILES string of the molecule is C=CCCC(=N)CC(CC(C)=C(C)CC)N=CC. The first-order chi connectivity index (χ1) is 8.54. The van der Waals surface area contributed by atoms with Gasteiger partial charge in [0.1, 0.15) is 0 Å². The second kappa shape index (κ2) is 9.81. The van der Waals surface area contributed by atoms with Gasteiger partial charge in [-0.2, -0.15) is 0 Å². The number of rotatable bonds is 9. The molecule has 0 amide bonds. The van der Waals surface area contributed by atoms with Gasteiger partial charge in [-0.05, 0) is 52.7 Å². The molecule has 2 heteroatoms. The van der Waals surface area contributed by atoms with Gasteiger partial charge in [0.2, 0.25) is 0 Å². The molecule has 0 aliphatic heterocycles. The molecule has 102 valence electrons. The lowest BCUT2D eigenvalue weighted by Crippen LogP contribution is -2.12. The Hall–Kier alpha value is -1.18. The van der Waals surface area contributed by atoms with E-state index in [1.54, 1.807) is 0 Å². The summed E-state index contributed by atoms with van der Waals surface area (Å²) in [5.74, 6) is 0. The van der Waals surface area contributed by atoms with Gasteiger partial charge in [-0.15, -0.1) is 6.58 Å². The summed E-state index contributed by atoms with van der Waals surface area (Å²) < 4.78 is 0. The molecule has 0 bridgehead atoms. The van der Waals surface area contributed by atoms with E-state index in [1.165, 1.54) is 11.1 Å². The molecule has 0 aromatic carbocycles. The fourth-order valence-electron chi connectivity index (χ4n) is 1.88. The molecule has 0 aromatic rings. The Morgan fingerprint density at radius 2 is 1.94 bits per heavy atom. The van der Waals surface area contributed by atoms with Crippen LogP contribution in [0.1, 0.15) is 59.8 Å². The number of allylic oxidation sites excluding steroid dienone is 2. The van der Waals surface area contributed by atoms with Crippen LogP contribution in [-0.4, -0.2) is 18.0 Å². The summed E-state index contributed by atoms with van der Waals surface area (Å²) in [5, 5.41) is 7.96. The van der Waals surface area contributed by atoms with Crippen LogP contribution in [0.3, 0.4) is 0 Å². The third kappa shape index (κ3) is 7.21. The van der Waals surface area contributed by atoms with Gasteiger partial charge in [-0.3, -0.25) is 4.99 Å². The monoisotopic (exact) mass is 248 g/mol. The first-order valence-electron chi connectivity index (χ1n) is 6.85. The van der Waals surface area contributed by atoms with Crippen molar-refractivity contribution >= 4 is 11.9 Å². The van der Waals surface area contributed by atoms with Crippen molar-refractivity contribution in [1.82, 2.24) is 0 Å². The minimum atomic E-state index is 0.230. The fraction of sp³-hybridized carbons (Fsp3) is 0.625. The zero-order valence-electron chi connectivity index (χ0n) is 12.4. The molecule has 0 saturated heterocycles. The molecule has 1 atom stereocenters. The normalized spacial score (nSPS) is 14.4. The molecule has 0 aliphatic carbocycles. The lowest BCUT2D eigenvalue weighted by Gasteiger charge is -2.15. The predicted octanol–water partition coefficient (Wildman–Crippen LogP) is 4.96. The fourth-order valence-corrected chi connectivity index (χ4v) is 1.88. The van der Waals surface area contributed by atoms with E-state index in [4.69, 9.17) is 5.41 Å². The van der Waals surface area contributed by atoms with E-state index in [1.807, 2.05) is 19.2 Å². The van der Waals surface area contributed by atoms with E-state index in [0.29, 0.717) is 0 Å². The van der Waals surface area contributed by atoms with Gasteiger partial charge in [0.05, 0.1) is 6.04 Å². The molecular weight excluding hydrogens is 220 g/mol. The van der Waals surface area contributed by atoms with Crippen molar-refractivity contribution in [3.63, 3.8) is 0 Å². The van der Waals surface area contributed by atoms with E-state index >= 15 is 0 Å². The summed E-state index contributed by atoms with van der Waals surface area (Å²) in [5.41, 5.74) is 3.65. The molecule has 1 unspecified atom stereocenters. The van der Waals surface area contributed by atoms with Crippen molar-refractivity contribution in [2.24, 2.45) is 4.99 Å². The van der Waals surface area contributed by atoms with Gasteiger partial charge in [0.25, 0.3) is 0 Å². The minimum Gasteiger partial charge on any atom is -0.310 e. The molecule has 1 N–H and O–H groups in total. The Morgan fingerprint density at radius 1 is 1.28 bits per heavy atom. The molecule has 2 nitrogen and oxygen atoms in total. The number of aliphatic imine (C=N–C) groups is 1. The topological polar surface area (TPSA) is 36.2 Å². The second-order valence-electron chi connectivity index (χ2n) is 4.81. The highest BCUT2D eigenvalue weighted by atomic mass is 14.8. The highest BCUT2D eigenvalue weighted by molar-refractivity contribution is 5.82. The Morgan fingerprint density at radius 3 is 2.44 bits per heavy atom. The smallest absolute Gasteiger partial charge is 0.0584 e. The molecule has 0 radical (unpaired) electrons. The number of nitrogens with zero attached hydrogens (tertiary/aromatic N) is 1. The molecule has 0 heterocycles. The third-order valence-corrected chi connectivity index (χ3v) is 3.29. The van der Waals surface area contributed by atoms with Gasteiger partial charge in [0.15, 0.2) is 0 Å². The first-order valence-corrected chi connectivity index (χ1v) is 6.85. The molecular formula is C16H28N2. The van der Waals surface area contributed by atoms with Gasteiger partial charge < -0.3 is 5.41 Å². The summed E-state index contributed by atoms with van der Waals surface area (Å²) in [6.45, 7) is 12.2. The standard InChI is InChI=1S/C16H28N2/c1-6-9-10-15(17)12-16(18-8-3)11-14(5)13(4)7-2/h6,8,16-17H,1,7,9-12H2,2-5H3. The summed E-state index contributed by atoms with van der Waals surface area (Å²) in [7, 11) is 0. The van der Waals surface area contributed by atoms with Crippen molar-refractivity contribution in [1.29, 1.82) is 5.41 Å². The van der Waals surface area contributed by atoms with E-state index in [9.17, 15) is 0 Å². The minimum absolute atomic E-state index is 0.230. The van der Waals surface area contributed by atoms with Crippen LogP contribution in [0.2, 0.25) is 0 Å². The van der Waals surface area contributed by atoms with Crippen LogP contribution in [-0.2, 0) is 0 Å². The number of hydrogen-bond acceptors (Lipinski definition) is 2. The van der Waals surface area contributed by atoms with Gasteiger partial charge >= 0.3 is 0 Å². The average Bonchev–Trinajstić information content (AvgIpc) is 2.35. The summed E-state index contributed by atoms with van der Waals surface area (Å²) in [6, 6.07) is 0.230. The molecule has 0 fully saturated rings. The summed E-state index contributed by atoms with van der Waals surface area (Å²) in [6.07, 6.45) is 8.29. The van der Waals surface area contributed by atoms with Crippen LogP contribution in [0.4, 0.5) is 0 Å². The lowest BCUT2D eigenvalue weighted by molar-refractivity contribution is 0.680. The summed E-state index contributed by atoms with van der Waals surface area (Å²) in [4.78, 5) is 4.50. The molecule has 18 heavy (non-hydrogen) atoms. The van der Waals surface area contributed by atoms with E-state index in [0.717, 1.165) is 37.8 Å². The van der Waals surface area contributed by atoms with Crippen molar-refractivity contribution in [2.75, 3.05) is 0 Å². The maximum atomic E-state index is 7.96. The van der Waals surface area contributed by atoms with Crippen molar-refractivity contribution < 1.29 is 0 Å². The van der Waals surface area contributed by atoms with Crippen LogP contribution in [0.5, 0.6) is 0 Å². The van der Waals surface area contributed by atoms with Crippen LogP contribution in [0.15, 0.2) is 28.8 Å². The molecule has 0 aliphatic rings. The maximum Gasteiger partial charge on any atom is 0.0584 e. The van der Waals surface area contributed by atoms with E-state index in [2.05, 4.69) is 32.3 Å². The van der Waals surface area contributed by atoms with Crippen LogP contribution < -0.4 is 0 Å². The Balaban J connectivity index is 4.48. The highest BCUT2D eigenvalue weighted by Crippen LogP contribution is 2.18. The van der Waals surface area contributed by atoms with E-state index < -0.39 is 0 Å². The highest BCUT2D eigenvalue weighted by Gasteiger charge is 2.11. The number of hydrogen-bond donors (Lipinski definition) is 1. The molecule has 0 aromatic heterocycles. The Kier molecular flexibility index (Phi) is 9.17. The average molecular weight is 248 g/mol. The third-order valence-electron chi connectivity index (χ3n) is 3.29. The number of nitrogens with one attached hydrogen (secondary N) is 1. The van der Waals surface area contributed by atoms with Gasteiger partial charge in [0, 0.05) is 12.1 Å². The van der Waals surface area contributed by atoms with E-state index in [-0.39, 0.29) is 6.04 Å². The zero-order valence-corrected chi connectivity index (χ0v) is 12.4. The van der Waals surface area contributed by atoms with Crippen molar-refractivity contribution in [3.8, 4) is 0 Å². The zero-order chi connectivity index (χ0) is 14.0. The maximum absolute atomic E-state index is 7.96. The van der Waals surface area contributed by atoms with Crippen molar-refractivity contribution in [3.05, 3.63) is 23.8 Å². The van der Waals surface area contributed by atoms with Crippen LogP contribution in [0, 0.1) is 5.41 Å². The molecule has 0 spiro atoms. The van der Waals surface area contributed by atoms with Crippen molar-refractivity contribution in [2.45, 2.75) is 65.8 Å². The summed E-state index contributed by atoms with van der Waals surface area (Å²) >= 11 is 0. The lowest BCUT2D eigenvalue weighted by atomic mass is 9.97. The molecule has 0 rings (SSSR count). The Labute approximate surface area is 112 Å².